The van der Waals surface area contributed by atoms with E-state index < -0.39 is 0 Å². The normalized spacial score (nSPS) is 12.0. The molecule has 0 radical (unpaired) electrons. The summed E-state index contributed by atoms with van der Waals surface area (Å²) < 4.78 is 4.53. The summed E-state index contributed by atoms with van der Waals surface area (Å²) >= 11 is 0. The summed E-state index contributed by atoms with van der Waals surface area (Å²) in [6.07, 6.45) is 3.72. The number of rotatable bonds is 0. The molecule has 0 fully saturated rings. The van der Waals surface area contributed by atoms with Crippen LogP contribution in [-0.4, -0.2) is 39.4 Å². The van der Waals surface area contributed by atoms with Gasteiger partial charge >= 0.3 is 42.1 Å². The quantitative estimate of drug-likeness (QED) is 0.138. The molecule has 0 bridgehead atoms. The summed E-state index contributed by atoms with van der Waals surface area (Å²) in [5.74, 6) is 0. The molecule has 14 aromatic rings. The zero-order chi connectivity index (χ0) is 56.1. The maximum Gasteiger partial charge on any atom is 2.00 e. The minimum Gasteiger partial charge on any atom is -0.354 e. The van der Waals surface area contributed by atoms with Gasteiger partial charge in [-0.3, -0.25) is 10.4 Å². The zero-order valence-electron chi connectivity index (χ0n) is 48.4. The van der Waals surface area contributed by atoms with Crippen LogP contribution >= 0.6 is 0 Å². The van der Waals surface area contributed by atoms with Crippen molar-refractivity contribution in [3.8, 4) is 0 Å². The van der Waals surface area contributed by atoms with Crippen LogP contribution in [0.1, 0.15) is 106 Å². The molecular formula is C70H66N10Pt2. The number of benzene rings is 6. The number of fused-ring (bicyclic) bond motifs is 14. The first-order chi connectivity index (χ1) is 38.3. The van der Waals surface area contributed by atoms with Gasteiger partial charge in [0.15, 0.2) is 0 Å². The Morgan fingerprint density at radius 2 is 0.671 bits per heavy atom. The summed E-state index contributed by atoms with van der Waals surface area (Å²) in [4.78, 5) is 9.53. The molecule has 12 heteroatoms. The third kappa shape index (κ3) is 11.3. The van der Waals surface area contributed by atoms with Crippen LogP contribution in [0.4, 0.5) is 0 Å². The molecule has 8 heterocycles. The third-order valence-electron chi connectivity index (χ3n) is 14.5. The Hall–Kier alpha value is -7.64. The fraction of sp³-hybridized carbons (Fsp3) is 0.229. The second kappa shape index (κ2) is 23.3. The van der Waals surface area contributed by atoms with Gasteiger partial charge in [0, 0.05) is 45.0 Å². The molecule has 0 saturated carbocycles. The van der Waals surface area contributed by atoms with E-state index in [0.29, 0.717) is 0 Å². The van der Waals surface area contributed by atoms with E-state index in [1.807, 2.05) is 36.7 Å². The first kappa shape index (κ1) is 59.0. The van der Waals surface area contributed by atoms with Gasteiger partial charge < -0.3 is 29.2 Å². The molecule has 82 heavy (non-hydrogen) atoms. The molecule has 14 rings (SSSR count). The molecule has 0 aliphatic heterocycles. The summed E-state index contributed by atoms with van der Waals surface area (Å²) in [6, 6.07) is 66.5. The number of hydrogen-bond acceptors (Lipinski definition) is 6. The number of hydrogen-bond donors (Lipinski definition) is 0. The molecule has 0 unspecified atom stereocenters. The summed E-state index contributed by atoms with van der Waals surface area (Å²) in [7, 11) is 0. The Morgan fingerprint density at radius 1 is 0.341 bits per heavy atom. The van der Waals surface area contributed by atoms with Crippen molar-refractivity contribution in [2.24, 2.45) is 0 Å². The van der Waals surface area contributed by atoms with Crippen molar-refractivity contribution in [3.05, 3.63) is 217 Å². The second-order valence-corrected chi connectivity index (χ2v) is 24.6. The van der Waals surface area contributed by atoms with Crippen LogP contribution in [0.3, 0.4) is 0 Å². The van der Waals surface area contributed by atoms with E-state index in [4.69, 9.17) is 9.97 Å². The van der Waals surface area contributed by atoms with E-state index >= 15 is 0 Å². The van der Waals surface area contributed by atoms with Crippen molar-refractivity contribution < 1.29 is 42.1 Å². The first-order valence-electron chi connectivity index (χ1n) is 27.4. The Bertz CT molecular complexity index is 4320. The molecule has 6 aromatic carbocycles. The number of pyridine rings is 2. The SMILES string of the molecule is CC(C)(C)c1nn[n-]c1C(C)(C)C.CC(C)(C)c1nn[n-]c1C(C)(C)C.[Pt+2].[Pt+2].[c-]1cccc2c3cccc4c5ccccc5ccc5cccnc5n(c12)c43.[c-]1cccc2c3cccc4c5ccccc5ccc5cccnc5n(c12)c43. The van der Waals surface area contributed by atoms with E-state index in [-0.39, 0.29) is 63.8 Å². The molecule has 10 nitrogen and oxygen atoms in total. The molecule has 0 saturated heterocycles. The van der Waals surface area contributed by atoms with Crippen LogP contribution in [0.5, 0.6) is 0 Å². The molecule has 0 atom stereocenters. The Labute approximate surface area is 508 Å². The van der Waals surface area contributed by atoms with Crippen molar-refractivity contribution in [1.82, 2.24) is 49.6 Å². The molecule has 0 amide bonds. The molecule has 0 aliphatic rings. The van der Waals surface area contributed by atoms with Gasteiger partial charge in [-0.2, -0.15) is 48.5 Å². The van der Waals surface area contributed by atoms with E-state index in [0.717, 1.165) is 55.9 Å². The number of para-hydroxylation sites is 4. The topological polar surface area (TPSA) is 114 Å². The molecule has 0 N–H and O–H groups in total. The van der Waals surface area contributed by atoms with Gasteiger partial charge in [0.1, 0.15) is 11.3 Å². The minimum atomic E-state index is 0. The standard InChI is InChI=1S/2C25H15N2.2C10H18N3.2Pt/c2*1-2-9-19-17(7-1)14-15-18-8-6-16-26-25(18)27-23-13-4-3-10-20(23)22-12-5-11-21(19)24(22)27;2*1-9(2,3)7-8(10(4,5)6)12-13-11-7;;/h2*1-12,14-16H;2*1-6H3;;/q4*-1;2*+2. The predicted octanol–water partition coefficient (Wildman–Crippen LogP) is 16.7. The van der Waals surface area contributed by atoms with Gasteiger partial charge in [0.2, 0.25) is 0 Å². The van der Waals surface area contributed by atoms with Crippen LogP contribution in [0.25, 0.3) is 98.0 Å². The summed E-state index contributed by atoms with van der Waals surface area (Å²) in [5.41, 5.74) is 10.6. The van der Waals surface area contributed by atoms with Crippen molar-refractivity contribution >= 4 is 98.0 Å². The van der Waals surface area contributed by atoms with Crippen LogP contribution in [0.15, 0.2) is 182 Å². The van der Waals surface area contributed by atoms with Crippen molar-refractivity contribution in [1.29, 1.82) is 0 Å². The van der Waals surface area contributed by atoms with Crippen LogP contribution in [0.2, 0.25) is 0 Å². The Kier molecular flexibility index (Phi) is 16.8. The number of nitrogens with zero attached hydrogens (tertiary/aromatic N) is 10. The van der Waals surface area contributed by atoms with Crippen molar-refractivity contribution in [2.75, 3.05) is 0 Å². The largest absolute Gasteiger partial charge is 2.00 e. The average molecular weight is 1440 g/mol. The molecule has 8 aromatic heterocycles. The molecule has 0 spiro atoms. The molecule has 0 aliphatic carbocycles. The summed E-state index contributed by atoms with van der Waals surface area (Å²) in [6.45, 7) is 25.6. The first-order valence-corrected chi connectivity index (χ1v) is 27.4. The summed E-state index contributed by atoms with van der Waals surface area (Å²) in [5, 5.41) is 38.3. The van der Waals surface area contributed by atoms with Gasteiger partial charge in [-0.15, -0.1) is 10.8 Å². The Balaban J connectivity index is 0.000000139. The second-order valence-electron chi connectivity index (χ2n) is 24.6. The smallest absolute Gasteiger partial charge is 0.354 e. The number of aromatic nitrogens is 10. The molecule has 416 valence electrons. The predicted molar refractivity (Wildman–Crippen MR) is 331 cm³/mol. The van der Waals surface area contributed by atoms with Gasteiger partial charge in [-0.05, 0) is 101 Å². The monoisotopic (exact) mass is 1440 g/mol. The zero-order valence-corrected chi connectivity index (χ0v) is 53.0. The third-order valence-corrected chi connectivity index (χ3v) is 14.5. The van der Waals surface area contributed by atoms with E-state index in [1.165, 1.54) is 64.9 Å². The van der Waals surface area contributed by atoms with Crippen LogP contribution in [0, 0.1) is 12.1 Å². The minimum absolute atomic E-state index is 0. The van der Waals surface area contributed by atoms with E-state index in [9.17, 15) is 0 Å². The maximum absolute atomic E-state index is 4.76. The van der Waals surface area contributed by atoms with E-state index in [1.54, 1.807) is 0 Å². The van der Waals surface area contributed by atoms with Gasteiger partial charge in [0.25, 0.3) is 0 Å². The fourth-order valence-electron chi connectivity index (χ4n) is 10.8. The maximum atomic E-state index is 4.76. The van der Waals surface area contributed by atoms with Crippen molar-refractivity contribution in [2.45, 2.75) is 105 Å². The van der Waals surface area contributed by atoms with Crippen molar-refractivity contribution in [3.63, 3.8) is 0 Å². The average Bonchev–Trinajstić information content (AvgIpc) is 4.47. The molecular weight excluding hydrogens is 1370 g/mol. The van der Waals surface area contributed by atoms with Gasteiger partial charge in [0.05, 0.1) is 0 Å². The van der Waals surface area contributed by atoms with Crippen LogP contribution < -0.4 is 10.2 Å². The van der Waals surface area contributed by atoms with E-state index in [2.05, 4.69) is 280 Å². The fourth-order valence-corrected chi connectivity index (χ4v) is 10.8. The van der Waals surface area contributed by atoms with Gasteiger partial charge in [-0.1, -0.05) is 203 Å². The Morgan fingerprint density at radius 3 is 1.04 bits per heavy atom. The van der Waals surface area contributed by atoms with Gasteiger partial charge in [-0.25, -0.2) is 9.97 Å². The van der Waals surface area contributed by atoms with Crippen LogP contribution in [-0.2, 0) is 63.8 Å².